The lowest BCUT2D eigenvalue weighted by molar-refractivity contribution is 0.167. The topological polar surface area (TPSA) is 57.5 Å². The van der Waals surface area contributed by atoms with Gasteiger partial charge in [0.1, 0.15) is 0 Å². The van der Waals surface area contributed by atoms with E-state index in [1.54, 1.807) is 0 Å². The first-order valence-electron chi connectivity index (χ1n) is 11.0. The predicted octanol–water partition coefficient (Wildman–Crippen LogP) is 2.90. The van der Waals surface area contributed by atoms with E-state index in [-0.39, 0.29) is 0 Å². The number of fused-ring (bicyclic) bond motifs is 1. The molecule has 1 saturated heterocycles. The number of benzene rings is 1. The van der Waals surface area contributed by atoms with Crippen molar-refractivity contribution in [2.45, 2.75) is 64.6 Å². The molecular weight excluding hydrogens is 360 g/mol. The normalized spacial score (nSPS) is 18.3. The monoisotopic (exact) mass is 394 g/mol. The summed E-state index contributed by atoms with van der Waals surface area (Å²) in [7, 11) is 1.85. The number of rotatable bonds is 5. The van der Waals surface area contributed by atoms with Crippen LogP contribution in [0.5, 0.6) is 0 Å². The second kappa shape index (κ2) is 8.99. The largest absolute Gasteiger partial charge is 0.354 e. The summed E-state index contributed by atoms with van der Waals surface area (Å²) < 4.78 is 2.14. The number of piperidine rings is 1. The molecule has 2 aromatic rings. The summed E-state index contributed by atoms with van der Waals surface area (Å²) >= 11 is 0. The number of para-hydroxylation sites is 1. The minimum Gasteiger partial charge on any atom is -0.354 e. The standard InChI is InChI=1S/C23H34N6/c1-17(2)28-14-12-18(13-15-28)26-23(24-3)25-16-21-20-10-7-11-22(20)29(27-21)19-8-5-4-6-9-19/h4-6,8-9,17-18H,7,10-16H2,1-3H3,(H2,24,25,26). The summed E-state index contributed by atoms with van der Waals surface area (Å²) in [4.78, 5) is 7.01. The Kier molecular flexibility index (Phi) is 6.19. The molecule has 0 radical (unpaired) electrons. The van der Waals surface area contributed by atoms with E-state index in [2.05, 4.69) is 69.4 Å². The van der Waals surface area contributed by atoms with Crippen molar-refractivity contribution in [3.8, 4) is 5.69 Å². The lowest BCUT2D eigenvalue weighted by Gasteiger charge is -2.35. The summed E-state index contributed by atoms with van der Waals surface area (Å²) in [6, 6.07) is 11.6. The average Bonchev–Trinajstić information content (AvgIpc) is 3.35. The van der Waals surface area contributed by atoms with Gasteiger partial charge in [-0.3, -0.25) is 4.99 Å². The molecule has 0 amide bonds. The van der Waals surface area contributed by atoms with E-state index in [9.17, 15) is 0 Å². The number of likely N-dealkylation sites (tertiary alicyclic amines) is 1. The van der Waals surface area contributed by atoms with E-state index in [1.807, 2.05) is 7.05 Å². The zero-order valence-corrected chi connectivity index (χ0v) is 18.0. The smallest absolute Gasteiger partial charge is 0.191 e. The maximum Gasteiger partial charge on any atom is 0.191 e. The highest BCUT2D eigenvalue weighted by atomic mass is 15.3. The number of guanidine groups is 1. The molecule has 1 aromatic carbocycles. The maximum absolute atomic E-state index is 4.95. The maximum atomic E-state index is 4.95. The van der Waals surface area contributed by atoms with Crippen molar-refractivity contribution in [3.63, 3.8) is 0 Å². The van der Waals surface area contributed by atoms with Crippen molar-refractivity contribution < 1.29 is 0 Å². The van der Waals surface area contributed by atoms with Gasteiger partial charge in [0.15, 0.2) is 5.96 Å². The van der Waals surface area contributed by atoms with Gasteiger partial charge in [-0.15, -0.1) is 0 Å². The molecule has 2 aliphatic rings. The Morgan fingerprint density at radius 3 is 2.62 bits per heavy atom. The van der Waals surface area contributed by atoms with E-state index in [4.69, 9.17) is 5.10 Å². The third-order valence-electron chi connectivity index (χ3n) is 6.26. The van der Waals surface area contributed by atoms with Crippen LogP contribution in [0.3, 0.4) is 0 Å². The third kappa shape index (κ3) is 4.47. The Morgan fingerprint density at radius 2 is 1.93 bits per heavy atom. The zero-order chi connectivity index (χ0) is 20.2. The first kappa shape index (κ1) is 20.0. The SMILES string of the molecule is CN=C(NCc1nn(-c2ccccc2)c2c1CCC2)NC1CCN(C(C)C)CC1. The van der Waals surface area contributed by atoms with Gasteiger partial charge in [-0.05, 0) is 63.6 Å². The number of hydrogen-bond donors (Lipinski definition) is 2. The highest BCUT2D eigenvalue weighted by molar-refractivity contribution is 5.80. The van der Waals surface area contributed by atoms with Crippen LogP contribution < -0.4 is 10.6 Å². The molecule has 0 spiro atoms. The number of nitrogens with one attached hydrogen (secondary N) is 2. The first-order chi connectivity index (χ1) is 14.2. The van der Waals surface area contributed by atoms with Crippen molar-refractivity contribution in [2.75, 3.05) is 20.1 Å². The number of aliphatic imine (C=N–C) groups is 1. The van der Waals surface area contributed by atoms with Crippen molar-refractivity contribution in [2.24, 2.45) is 4.99 Å². The Hall–Kier alpha value is -2.34. The number of aromatic nitrogens is 2. The number of hydrogen-bond acceptors (Lipinski definition) is 3. The molecule has 1 aliphatic heterocycles. The van der Waals surface area contributed by atoms with Crippen LogP contribution >= 0.6 is 0 Å². The van der Waals surface area contributed by atoms with Gasteiger partial charge in [-0.1, -0.05) is 18.2 Å². The van der Waals surface area contributed by atoms with Gasteiger partial charge in [-0.2, -0.15) is 5.10 Å². The number of nitrogens with zero attached hydrogens (tertiary/aromatic N) is 4. The lowest BCUT2D eigenvalue weighted by Crippen LogP contribution is -2.49. The molecule has 2 heterocycles. The van der Waals surface area contributed by atoms with E-state index < -0.39 is 0 Å². The van der Waals surface area contributed by atoms with Gasteiger partial charge < -0.3 is 15.5 Å². The molecule has 6 heteroatoms. The Balaban J connectivity index is 1.39. The molecular formula is C23H34N6. The van der Waals surface area contributed by atoms with Gasteiger partial charge in [-0.25, -0.2) is 4.68 Å². The molecule has 1 aromatic heterocycles. The molecule has 0 unspecified atom stereocenters. The van der Waals surface area contributed by atoms with Crippen molar-refractivity contribution in [3.05, 3.63) is 47.3 Å². The lowest BCUT2D eigenvalue weighted by atomic mass is 10.0. The Bertz CT molecular complexity index is 831. The fraction of sp³-hybridized carbons (Fsp3) is 0.565. The molecule has 0 atom stereocenters. The molecule has 1 fully saturated rings. The molecule has 29 heavy (non-hydrogen) atoms. The highest BCUT2D eigenvalue weighted by Crippen LogP contribution is 2.27. The van der Waals surface area contributed by atoms with Crippen LogP contribution in [0.15, 0.2) is 35.3 Å². The van der Waals surface area contributed by atoms with Crippen LogP contribution in [0.4, 0.5) is 0 Å². The van der Waals surface area contributed by atoms with Crippen molar-refractivity contribution in [1.29, 1.82) is 0 Å². The quantitative estimate of drug-likeness (QED) is 0.605. The van der Waals surface area contributed by atoms with Crippen LogP contribution in [0.25, 0.3) is 5.69 Å². The Labute approximate surface area is 174 Å². The zero-order valence-electron chi connectivity index (χ0n) is 18.0. The molecule has 0 saturated carbocycles. The van der Waals surface area contributed by atoms with Crippen LogP contribution in [0.1, 0.15) is 50.1 Å². The molecule has 4 rings (SSSR count). The summed E-state index contributed by atoms with van der Waals surface area (Å²) in [5, 5.41) is 12.1. The molecule has 156 valence electrons. The second-order valence-corrected chi connectivity index (χ2v) is 8.45. The van der Waals surface area contributed by atoms with Gasteiger partial charge in [0.2, 0.25) is 0 Å². The van der Waals surface area contributed by atoms with Crippen molar-refractivity contribution in [1.82, 2.24) is 25.3 Å². The van der Waals surface area contributed by atoms with Crippen molar-refractivity contribution >= 4 is 5.96 Å². The second-order valence-electron chi connectivity index (χ2n) is 8.45. The molecule has 1 aliphatic carbocycles. The van der Waals surface area contributed by atoms with E-state index in [0.29, 0.717) is 18.6 Å². The van der Waals surface area contributed by atoms with Gasteiger partial charge in [0.05, 0.1) is 17.9 Å². The summed E-state index contributed by atoms with van der Waals surface area (Å²) in [6.07, 6.45) is 5.78. The fourth-order valence-corrected chi connectivity index (χ4v) is 4.55. The van der Waals surface area contributed by atoms with Gasteiger partial charge in [0.25, 0.3) is 0 Å². The minimum absolute atomic E-state index is 0.490. The summed E-state index contributed by atoms with van der Waals surface area (Å²) in [5.74, 6) is 0.883. The summed E-state index contributed by atoms with van der Waals surface area (Å²) in [6.45, 7) is 7.58. The van der Waals surface area contributed by atoms with Crippen LogP contribution in [0.2, 0.25) is 0 Å². The fourth-order valence-electron chi connectivity index (χ4n) is 4.55. The van der Waals surface area contributed by atoms with Gasteiger partial charge in [0, 0.05) is 37.9 Å². The predicted molar refractivity (Wildman–Crippen MR) is 119 cm³/mol. The highest BCUT2D eigenvalue weighted by Gasteiger charge is 2.24. The van der Waals surface area contributed by atoms with Crippen LogP contribution in [0, 0.1) is 0 Å². The molecule has 0 bridgehead atoms. The van der Waals surface area contributed by atoms with E-state index in [0.717, 1.165) is 56.1 Å². The van der Waals surface area contributed by atoms with Crippen LogP contribution in [-0.4, -0.2) is 52.9 Å². The van der Waals surface area contributed by atoms with Gasteiger partial charge >= 0.3 is 0 Å². The van der Waals surface area contributed by atoms with Crippen LogP contribution in [-0.2, 0) is 19.4 Å². The summed E-state index contributed by atoms with van der Waals surface area (Å²) in [5.41, 5.74) is 5.09. The van der Waals surface area contributed by atoms with E-state index in [1.165, 1.54) is 17.7 Å². The van der Waals surface area contributed by atoms with E-state index >= 15 is 0 Å². The first-order valence-corrected chi connectivity index (χ1v) is 11.0. The minimum atomic E-state index is 0.490. The third-order valence-corrected chi connectivity index (χ3v) is 6.26. The average molecular weight is 395 g/mol. The molecule has 2 N–H and O–H groups in total. The molecule has 6 nitrogen and oxygen atoms in total. The Morgan fingerprint density at radius 1 is 1.17 bits per heavy atom.